The van der Waals surface area contributed by atoms with E-state index in [1.165, 1.54) is 5.56 Å². The molecule has 0 aromatic heterocycles. The predicted molar refractivity (Wildman–Crippen MR) is 97.9 cm³/mol. The highest BCUT2D eigenvalue weighted by Crippen LogP contribution is 2.12. The van der Waals surface area contributed by atoms with Gasteiger partial charge in [0.15, 0.2) is 5.96 Å². The lowest BCUT2D eigenvalue weighted by atomic mass is 10.2. The topological polar surface area (TPSA) is 54.9 Å². The van der Waals surface area contributed by atoms with Crippen molar-refractivity contribution in [1.29, 1.82) is 0 Å². The van der Waals surface area contributed by atoms with Gasteiger partial charge < -0.3 is 20.1 Å². The fourth-order valence-corrected chi connectivity index (χ4v) is 2.19. The van der Waals surface area contributed by atoms with E-state index in [2.05, 4.69) is 28.6 Å². The second-order valence-corrected chi connectivity index (χ2v) is 5.37. The molecule has 0 saturated heterocycles. The van der Waals surface area contributed by atoms with E-state index < -0.39 is 0 Å². The zero-order valence-electron chi connectivity index (χ0n) is 14.5. The molecule has 24 heavy (non-hydrogen) atoms. The lowest BCUT2D eigenvalue weighted by Gasteiger charge is -2.13. The molecule has 0 saturated carbocycles. The summed E-state index contributed by atoms with van der Waals surface area (Å²) in [5.74, 6) is 2.49. The van der Waals surface area contributed by atoms with Crippen LogP contribution in [0.2, 0.25) is 0 Å². The molecule has 2 rings (SSSR count). The van der Waals surface area contributed by atoms with Crippen molar-refractivity contribution in [2.75, 3.05) is 27.3 Å². The van der Waals surface area contributed by atoms with E-state index in [4.69, 9.17) is 9.47 Å². The Labute approximate surface area is 143 Å². The number of nitrogens with one attached hydrogen (secondary N) is 2. The highest BCUT2D eigenvalue weighted by molar-refractivity contribution is 5.79. The van der Waals surface area contributed by atoms with Gasteiger partial charge in [0.05, 0.1) is 13.7 Å². The van der Waals surface area contributed by atoms with Gasteiger partial charge in [-0.3, -0.25) is 4.99 Å². The number of aryl methyl sites for hydroxylation is 1. The van der Waals surface area contributed by atoms with Crippen LogP contribution in [-0.4, -0.2) is 33.3 Å². The molecule has 0 unspecified atom stereocenters. The summed E-state index contributed by atoms with van der Waals surface area (Å²) >= 11 is 0. The van der Waals surface area contributed by atoms with E-state index in [0.717, 1.165) is 23.0 Å². The first kappa shape index (κ1) is 17.7. The van der Waals surface area contributed by atoms with E-state index in [1.54, 1.807) is 14.2 Å². The third-order valence-corrected chi connectivity index (χ3v) is 3.50. The lowest BCUT2D eigenvalue weighted by Crippen LogP contribution is -2.38. The fourth-order valence-electron chi connectivity index (χ4n) is 2.19. The Kier molecular flexibility index (Phi) is 6.95. The van der Waals surface area contributed by atoms with Crippen LogP contribution in [0.4, 0.5) is 0 Å². The van der Waals surface area contributed by atoms with Crippen molar-refractivity contribution >= 4 is 5.96 Å². The van der Waals surface area contributed by atoms with Crippen LogP contribution in [0.1, 0.15) is 11.1 Å². The van der Waals surface area contributed by atoms with Crippen molar-refractivity contribution in [3.8, 4) is 11.5 Å². The zero-order chi connectivity index (χ0) is 17.2. The second kappa shape index (κ2) is 9.45. The molecule has 2 aromatic rings. The van der Waals surface area contributed by atoms with Crippen LogP contribution in [0, 0.1) is 6.92 Å². The Morgan fingerprint density at radius 2 is 1.83 bits per heavy atom. The molecule has 2 aromatic carbocycles. The number of benzene rings is 2. The van der Waals surface area contributed by atoms with E-state index in [9.17, 15) is 0 Å². The first-order chi connectivity index (χ1) is 11.7. The minimum Gasteiger partial charge on any atom is -0.497 e. The van der Waals surface area contributed by atoms with Gasteiger partial charge in [0, 0.05) is 13.6 Å². The van der Waals surface area contributed by atoms with E-state index >= 15 is 0 Å². The average molecular weight is 327 g/mol. The minimum absolute atomic E-state index is 0.576. The van der Waals surface area contributed by atoms with Gasteiger partial charge in [0.1, 0.15) is 18.1 Å². The van der Waals surface area contributed by atoms with Crippen molar-refractivity contribution in [1.82, 2.24) is 10.6 Å². The van der Waals surface area contributed by atoms with Gasteiger partial charge in [-0.15, -0.1) is 0 Å². The SMILES string of the molecule is CN=C(NCCOc1cccc(C)c1)NCc1ccc(OC)cc1. The normalized spacial score (nSPS) is 11.0. The van der Waals surface area contributed by atoms with Gasteiger partial charge in [-0.2, -0.15) is 0 Å². The second-order valence-electron chi connectivity index (χ2n) is 5.37. The van der Waals surface area contributed by atoms with E-state index in [1.807, 2.05) is 42.5 Å². The molecular formula is C19H25N3O2. The summed E-state index contributed by atoms with van der Waals surface area (Å²) in [4.78, 5) is 4.21. The monoisotopic (exact) mass is 327 g/mol. The van der Waals surface area contributed by atoms with Crippen LogP contribution in [0.3, 0.4) is 0 Å². The molecular weight excluding hydrogens is 302 g/mol. The first-order valence-electron chi connectivity index (χ1n) is 7.98. The van der Waals surface area contributed by atoms with Gasteiger partial charge >= 0.3 is 0 Å². The number of ether oxygens (including phenoxy) is 2. The van der Waals surface area contributed by atoms with E-state index in [-0.39, 0.29) is 0 Å². The molecule has 0 spiro atoms. The highest BCUT2D eigenvalue weighted by atomic mass is 16.5. The third-order valence-electron chi connectivity index (χ3n) is 3.50. The number of aliphatic imine (C=N–C) groups is 1. The van der Waals surface area contributed by atoms with Crippen LogP contribution in [0.25, 0.3) is 0 Å². The number of nitrogens with zero attached hydrogens (tertiary/aromatic N) is 1. The maximum Gasteiger partial charge on any atom is 0.191 e. The largest absolute Gasteiger partial charge is 0.497 e. The number of methoxy groups -OCH3 is 1. The Hall–Kier alpha value is -2.69. The van der Waals surface area contributed by atoms with E-state index in [0.29, 0.717) is 19.7 Å². The van der Waals surface area contributed by atoms with Crippen LogP contribution in [0.5, 0.6) is 11.5 Å². The Morgan fingerprint density at radius 3 is 2.50 bits per heavy atom. The number of guanidine groups is 1. The first-order valence-corrected chi connectivity index (χ1v) is 7.98. The maximum atomic E-state index is 5.71. The average Bonchev–Trinajstić information content (AvgIpc) is 2.61. The van der Waals surface area contributed by atoms with Gasteiger partial charge in [0.25, 0.3) is 0 Å². The van der Waals surface area contributed by atoms with Crippen LogP contribution in [0.15, 0.2) is 53.5 Å². The number of hydrogen-bond acceptors (Lipinski definition) is 3. The molecule has 0 amide bonds. The lowest BCUT2D eigenvalue weighted by molar-refractivity contribution is 0.321. The van der Waals surface area contributed by atoms with Crippen LogP contribution >= 0.6 is 0 Å². The Morgan fingerprint density at radius 1 is 1.04 bits per heavy atom. The predicted octanol–water partition coefficient (Wildman–Crippen LogP) is 2.75. The summed E-state index contributed by atoms with van der Waals surface area (Å²) in [5.41, 5.74) is 2.35. The van der Waals surface area contributed by atoms with Gasteiger partial charge in [-0.25, -0.2) is 0 Å². The number of rotatable bonds is 7. The summed E-state index contributed by atoms with van der Waals surface area (Å²) in [6.07, 6.45) is 0. The highest BCUT2D eigenvalue weighted by Gasteiger charge is 1.99. The van der Waals surface area contributed by atoms with Crippen LogP contribution in [-0.2, 0) is 6.54 Å². The smallest absolute Gasteiger partial charge is 0.191 e. The minimum atomic E-state index is 0.576. The van der Waals surface area contributed by atoms with Gasteiger partial charge in [-0.1, -0.05) is 24.3 Å². The summed E-state index contributed by atoms with van der Waals surface area (Å²) in [7, 11) is 3.42. The standard InChI is InChI=1S/C19H25N3O2/c1-15-5-4-6-18(13-15)24-12-11-21-19(20-2)22-14-16-7-9-17(23-3)10-8-16/h4-10,13H,11-12,14H2,1-3H3,(H2,20,21,22). The molecule has 2 N–H and O–H groups in total. The Balaban J connectivity index is 1.70. The van der Waals surface area contributed by atoms with Crippen molar-refractivity contribution in [3.63, 3.8) is 0 Å². The summed E-state index contributed by atoms with van der Waals surface area (Å²) < 4.78 is 10.9. The van der Waals surface area contributed by atoms with Crippen molar-refractivity contribution in [2.24, 2.45) is 4.99 Å². The molecule has 0 bridgehead atoms. The quantitative estimate of drug-likeness (QED) is 0.466. The molecule has 0 fully saturated rings. The van der Waals surface area contributed by atoms with Gasteiger partial charge in [-0.05, 0) is 42.3 Å². The molecule has 0 radical (unpaired) electrons. The molecule has 5 heteroatoms. The molecule has 5 nitrogen and oxygen atoms in total. The van der Waals surface area contributed by atoms with Gasteiger partial charge in [0.2, 0.25) is 0 Å². The number of hydrogen-bond donors (Lipinski definition) is 2. The van der Waals surface area contributed by atoms with Crippen molar-refractivity contribution in [2.45, 2.75) is 13.5 Å². The summed E-state index contributed by atoms with van der Waals surface area (Å²) in [6.45, 7) is 4.00. The molecule has 0 aliphatic rings. The summed E-state index contributed by atoms with van der Waals surface area (Å²) in [6, 6.07) is 16.0. The fraction of sp³-hybridized carbons (Fsp3) is 0.316. The Bertz CT molecular complexity index is 654. The van der Waals surface area contributed by atoms with Crippen LogP contribution < -0.4 is 20.1 Å². The molecule has 0 aliphatic heterocycles. The third kappa shape index (κ3) is 5.83. The summed E-state index contributed by atoms with van der Waals surface area (Å²) in [5, 5.41) is 6.51. The molecule has 128 valence electrons. The van der Waals surface area contributed by atoms with Crippen molar-refractivity contribution < 1.29 is 9.47 Å². The van der Waals surface area contributed by atoms with Crippen molar-refractivity contribution in [3.05, 3.63) is 59.7 Å². The zero-order valence-corrected chi connectivity index (χ0v) is 14.5. The molecule has 0 atom stereocenters. The maximum absolute atomic E-state index is 5.71. The molecule has 0 heterocycles. The molecule has 0 aliphatic carbocycles.